The van der Waals surface area contributed by atoms with Crippen LogP contribution in [0.5, 0.6) is 0 Å². The molecule has 3 rings (SSSR count). The summed E-state index contributed by atoms with van der Waals surface area (Å²) in [6.07, 6.45) is 0.907. The minimum absolute atomic E-state index is 0.0322. The first-order valence-electron chi connectivity index (χ1n) is 6.39. The van der Waals surface area contributed by atoms with Crippen LogP contribution in [-0.4, -0.2) is 16.4 Å². The van der Waals surface area contributed by atoms with Gasteiger partial charge < -0.3 is 4.98 Å². The fourth-order valence-corrected chi connectivity index (χ4v) is 2.89. The summed E-state index contributed by atoms with van der Waals surface area (Å²) in [5.74, 6) is 0. The number of aromatic nitrogens is 1. The summed E-state index contributed by atoms with van der Waals surface area (Å²) < 4.78 is 0.618. The highest BCUT2D eigenvalue weighted by Crippen LogP contribution is 2.20. The van der Waals surface area contributed by atoms with E-state index in [-0.39, 0.29) is 5.56 Å². The molecule has 0 atom stereocenters. The number of nitrogens with zero attached hydrogens (tertiary/aromatic N) is 1. The van der Waals surface area contributed by atoms with Crippen LogP contribution in [0.4, 0.5) is 0 Å². The number of rotatable bonds is 2. The van der Waals surface area contributed by atoms with Crippen molar-refractivity contribution < 1.29 is 0 Å². The molecule has 0 aliphatic carbocycles. The first-order chi connectivity index (χ1) is 9.22. The van der Waals surface area contributed by atoms with Crippen LogP contribution in [0, 0.1) is 0 Å². The molecule has 0 spiro atoms. The molecule has 2 heterocycles. The standard InChI is InChI=1S/C15H15BrN2O/c16-13-8-12-10-18(7-6-14(12)17-15(13)19)9-11-4-2-1-3-5-11/h1-5,8H,6-7,9-10H2,(H,17,19). The number of halogens is 1. The first kappa shape index (κ1) is 12.6. The Morgan fingerprint density at radius 1 is 1.26 bits per heavy atom. The fraction of sp³-hybridized carbons (Fsp3) is 0.267. The van der Waals surface area contributed by atoms with Crippen molar-refractivity contribution in [1.82, 2.24) is 9.88 Å². The molecule has 1 aliphatic heterocycles. The highest BCUT2D eigenvalue weighted by atomic mass is 79.9. The molecule has 1 aromatic heterocycles. The van der Waals surface area contributed by atoms with Crippen LogP contribution in [0.3, 0.4) is 0 Å². The number of nitrogens with one attached hydrogen (secondary N) is 1. The molecule has 0 unspecified atom stereocenters. The van der Waals surface area contributed by atoms with E-state index in [1.807, 2.05) is 12.1 Å². The van der Waals surface area contributed by atoms with Gasteiger partial charge in [-0.1, -0.05) is 30.3 Å². The summed E-state index contributed by atoms with van der Waals surface area (Å²) in [5, 5.41) is 0. The smallest absolute Gasteiger partial charge is 0.262 e. The molecule has 19 heavy (non-hydrogen) atoms. The van der Waals surface area contributed by atoms with Gasteiger partial charge in [-0.25, -0.2) is 0 Å². The van der Waals surface area contributed by atoms with Crippen molar-refractivity contribution in [3.8, 4) is 0 Å². The van der Waals surface area contributed by atoms with Crippen LogP contribution in [0.1, 0.15) is 16.8 Å². The van der Waals surface area contributed by atoms with Gasteiger partial charge >= 0.3 is 0 Å². The van der Waals surface area contributed by atoms with Gasteiger partial charge in [-0.3, -0.25) is 9.69 Å². The normalized spacial score (nSPS) is 15.2. The van der Waals surface area contributed by atoms with E-state index in [1.54, 1.807) is 0 Å². The minimum Gasteiger partial charge on any atom is -0.325 e. The maximum Gasteiger partial charge on any atom is 0.262 e. The van der Waals surface area contributed by atoms with E-state index in [2.05, 4.69) is 50.1 Å². The van der Waals surface area contributed by atoms with E-state index in [0.29, 0.717) is 4.47 Å². The summed E-state index contributed by atoms with van der Waals surface area (Å²) in [4.78, 5) is 16.9. The predicted molar refractivity (Wildman–Crippen MR) is 79.0 cm³/mol. The molecule has 1 N–H and O–H groups in total. The van der Waals surface area contributed by atoms with Crippen LogP contribution in [0.2, 0.25) is 0 Å². The topological polar surface area (TPSA) is 36.1 Å². The van der Waals surface area contributed by atoms with Gasteiger partial charge in [-0.05, 0) is 33.1 Å². The summed E-state index contributed by atoms with van der Waals surface area (Å²) in [6, 6.07) is 12.4. The Morgan fingerprint density at radius 2 is 2.05 bits per heavy atom. The zero-order valence-corrected chi connectivity index (χ0v) is 12.1. The van der Waals surface area contributed by atoms with Gasteiger partial charge in [-0.15, -0.1) is 0 Å². The third-order valence-electron chi connectivity index (χ3n) is 3.49. The van der Waals surface area contributed by atoms with E-state index < -0.39 is 0 Å². The van der Waals surface area contributed by atoms with E-state index in [1.165, 1.54) is 11.1 Å². The lowest BCUT2D eigenvalue weighted by molar-refractivity contribution is 0.243. The van der Waals surface area contributed by atoms with Crippen molar-refractivity contribution in [2.75, 3.05) is 6.54 Å². The van der Waals surface area contributed by atoms with Gasteiger partial charge in [0.1, 0.15) is 0 Å². The summed E-state index contributed by atoms with van der Waals surface area (Å²) in [5.41, 5.74) is 3.59. The number of aromatic amines is 1. The maximum atomic E-state index is 11.5. The quantitative estimate of drug-likeness (QED) is 0.924. The van der Waals surface area contributed by atoms with Crippen molar-refractivity contribution in [2.45, 2.75) is 19.5 Å². The van der Waals surface area contributed by atoms with Gasteiger partial charge in [0.25, 0.3) is 5.56 Å². The third kappa shape index (κ3) is 2.80. The van der Waals surface area contributed by atoms with Crippen molar-refractivity contribution in [3.63, 3.8) is 0 Å². The molecule has 0 radical (unpaired) electrons. The Labute approximate surface area is 120 Å². The molecule has 0 bridgehead atoms. The second-order valence-electron chi connectivity index (χ2n) is 4.90. The van der Waals surface area contributed by atoms with Gasteiger partial charge in [0.05, 0.1) is 4.47 Å². The Hall–Kier alpha value is -1.39. The van der Waals surface area contributed by atoms with Gasteiger partial charge in [0, 0.05) is 31.7 Å². The lowest BCUT2D eigenvalue weighted by Gasteiger charge is -2.28. The summed E-state index contributed by atoms with van der Waals surface area (Å²) in [6.45, 7) is 2.83. The fourth-order valence-electron chi connectivity index (χ4n) is 2.51. The zero-order valence-electron chi connectivity index (χ0n) is 10.5. The van der Waals surface area contributed by atoms with Crippen LogP contribution in [0.15, 0.2) is 45.7 Å². The van der Waals surface area contributed by atoms with Crippen LogP contribution in [0.25, 0.3) is 0 Å². The lowest BCUT2D eigenvalue weighted by atomic mass is 10.0. The maximum absolute atomic E-state index is 11.5. The Kier molecular flexibility index (Phi) is 3.53. The molecule has 3 nitrogen and oxygen atoms in total. The monoisotopic (exact) mass is 318 g/mol. The molecular formula is C15H15BrN2O. The minimum atomic E-state index is -0.0322. The lowest BCUT2D eigenvalue weighted by Crippen LogP contribution is -2.32. The molecule has 2 aromatic rings. The van der Waals surface area contributed by atoms with E-state index in [4.69, 9.17) is 0 Å². The first-order valence-corrected chi connectivity index (χ1v) is 7.18. The highest BCUT2D eigenvalue weighted by Gasteiger charge is 2.17. The number of benzene rings is 1. The van der Waals surface area contributed by atoms with Crippen molar-refractivity contribution in [2.24, 2.45) is 0 Å². The molecule has 98 valence electrons. The second kappa shape index (κ2) is 5.31. The molecule has 0 amide bonds. The van der Waals surface area contributed by atoms with Gasteiger partial charge in [0.15, 0.2) is 0 Å². The Bertz CT molecular complexity index is 636. The van der Waals surface area contributed by atoms with E-state index in [0.717, 1.165) is 31.7 Å². The number of hydrogen-bond acceptors (Lipinski definition) is 2. The molecule has 0 saturated heterocycles. The second-order valence-corrected chi connectivity index (χ2v) is 5.75. The molecule has 4 heteroatoms. The van der Waals surface area contributed by atoms with Crippen molar-refractivity contribution in [3.05, 3.63) is 68.0 Å². The van der Waals surface area contributed by atoms with E-state index in [9.17, 15) is 4.79 Å². The van der Waals surface area contributed by atoms with Crippen LogP contribution < -0.4 is 5.56 Å². The number of hydrogen-bond donors (Lipinski definition) is 1. The summed E-state index contributed by atoms with van der Waals surface area (Å²) >= 11 is 3.30. The van der Waals surface area contributed by atoms with Crippen molar-refractivity contribution >= 4 is 15.9 Å². The largest absolute Gasteiger partial charge is 0.325 e. The molecule has 1 aliphatic rings. The number of pyridine rings is 1. The Morgan fingerprint density at radius 3 is 2.84 bits per heavy atom. The molecule has 1 aromatic carbocycles. The van der Waals surface area contributed by atoms with Gasteiger partial charge in [-0.2, -0.15) is 0 Å². The average molecular weight is 319 g/mol. The van der Waals surface area contributed by atoms with Gasteiger partial charge in [0.2, 0.25) is 0 Å². The predicted octanol–water partition coefficient (Wildman–Crippen LogP) is 2.70. The molecule has 0 fully saturated rings. The van der Waals surface area contributed by atoms with Crippen LogP contribution in [-0.2, 0) is 19.5 Å². The molecular weight excluding hydrogens is 304 g/mol. The third-order valence-corrected chi connectivity index (χ3v) is 4.08. The number of H-pyrrole nitrogens is 1. The van der Waals surface area contributed by atoms with E-state index >= 15 is 0 Å². The number of fused-ring (bicyclic) bond motifs is 1. The highest BCUT2D eigenvalue weighted by molar-refractivity contribution is 9.10. The summed E-state index contributed by atoms with van der Waals surface area (Å²) in [7, 11) is 0. The Balaban J connectivity index is 1.79. The molecule has 0 saturated carbocycles. The average Bonchev–Trinajstić information content (AvgIpc) is 2.42. The van der Waals surface area contributed by atoms with Crippen molar-refractivity contribution in [1.29, 1.82) is 0 Å². The van der Waals surface area contributed by atoms with Crippen LogP contribution >= 0.6 is 15.9 Å². The SMILES string of the molecule is O=c1[nH]c2c(cc1Br)CN(Cc1ccccc1)CC2. The zero-order chi connectivity index (χ0) is 13.2.